The Bertz CT molecular complexity index is 819. The number of nitrogens with one attached hydrogen (secondary N) is 1. The van der Waals surface area contributed by atoms with Crippen molar-refractivity contribution in [1.82, 2.24) is 0 Å². The van der Waals surface area contributed by atoms with Crippen LogP contribution in [0.25, 0.3) is 0 Å². The van der Waals surface area contributed by atoms with Gasteiger partial charge in [0.15, 0.2) is 0 Å². The van der Waals surface area contributed by atoms with E-state index in [0.717, 1.165) is 43.3 Å². The summed E-state index contributed by atoms with van der Waals surface area (Å²) in [7, 11) is 0. The van der Waals surface area contributed by atoms with E-state index in [9.17, 15) is 27.2 Å². The van der Waals surface area contributed by atoms with E-state index in [1.807, 2.05) is 0 Å². The van der Waals surface area contributed by atoms with Crippen LogP contribution in [0.1, 0.15) is 22.8 Å². The van der Waals surface area contributed by atoms with E-state index in [0.29, 0.717) is 0 Å². The lowest BCUT2D eigenvalue weighted by molar-refractivity contribution is -0.137. The highest BCUT2D eigenvalue weighted by molar-refractivity contribution is 6.31. The van der Waals surface area contributed by atoms with Crippen LogP contribution in [0.4, 0.5) is 23.2 Å². The highest BCUT2D eigenvalue weighted by atomic mass is 35.5. The lowest BCUT2D eigenvalue weighted by atomic mass is 10.1. The molecule has 0 aliphatic rings. The number of alkyl halides is 3. The summed E-state index contributed by atoms with van der Waals surface area (Å²) in [5.41, 5.74) is -1.07. The van der Waals surface area contributed by atoms with Gasteiger partial charge in [-0.1, -0.05) is 11.6 Å². The molecule has 0 heterocycles. The van der Waals surface area contributed by atoms with Gasteiger partial charge in [0.05, 0.1) is 16.1 Å². The molecule has 2 aromatic carbocycles. The standard InChI is InChI=1S/C16H10ClF4NO3/c1-8(23)25-14-7-13(18)12(17)6-11(14)15(24)22-10-4-2-9(3-5-10)16(19,20)21/h2-7H,1H3,(H,22,24). The first-order valence-corrected chi connectivity index (χ1v) is 7.12. The number of amides is 1. The highest BCUT2D eigenvalue weighted by Crippen LogP contribution is 2.30. The van der Waals surface area contributed by atoms with Crippen molar-refractivity contribution in [1.29, 1.82) is 0 Å². The molecule has 0 atom stereocenters. The van der Waals surface area contributed by atoms with Crippen molar-refractivity contribution < 1.29 is 31.9 Å². The molecule has 0 unspecified atom stereocenters. The average molecular weight is 376 g/mol. The lowest BCUT2D eigenvalue weighted by Gasteiger charge is -2.12. The lowest BCUT2D eigenvalue weighted by Crippen LogP contribution is -2.15. The summed E-state index contributed by atoms with van der Waals surface area (Å²) in [6.45, 7) is 1.06. The van der Waals surface area contributed by atoms with Gasteiger partial charge < -0.3 is 10.1 Å². The Morgan fingerprint density at radius 2 is 1.72 bits per heavy atom. The molecule has 0 saturated heterocycles. The zero-order valence-electron chi connectivity index (χ0n) is 12.6. The van der Waals surface area contributed by atoms with Crippen LogP contribution in [0, 0.1) is 5.82 Å². The third-order valence-corrected chi connectivity index (χ3v) is 3.28. The topological polar surface area (TPSA) is 55.4 Å². The van der Waals surface area contributed by atoms with Gasteiger partial charge in [0.2, 0.25) is 0 Å². The quantitative estimate of drug-likeness (QED) is 0.481. The van der Waals surface area contributed by atoms with E-state index < -0.39 is 29.4 Å². The predicted molar refractivity (Wildman–Crippen MR) is 82.1 cm³/mol. The van der Waals surface area contributed by atoms with Crippen LogP contribution in [0.2, 0.25) is 5.02 Å². The van der Waals surface area contributed by atoms with Gasteiger partial charge in [-0.05, 0) is 30.3 Å². The molecular formula is C16H10ClF4NO3. The zero-order valence-corrected chi connectivity index (χ0v) is 13.3. The molecule has 9 heteroatoms. The van der Waals surface area contributed by atoms with Crippen LogP contribution in [0.15, 0.2) is 36.4 Å². The van der Waals surface area contributed by atoms with Gasteiger partial charge in [0.25, 0.3) is 5.91 Å². The Kier molecular flexibility index (Phi) is 5.32. The van der Waals surface area contributed by atoms with E-state index in [1.165, 1.54) is 0 Å². The molecule has 25 heavy (non-hydrogen) atoms. The van der Waals surface area contributed by atoms with Crippen molar-refractivity contribution >= 4 is 29.2 Å². The van der Waals surface area contributed by atoms with Gasteiger partial charge in [0, 0.05) is 18.7 Å². The van der Waals surface area contributed by atoms with Gasteiger partial charge in [0.1, 0.15) is 11.6 Å². The molecule has 1 amide bonds. The molecule has 0 aromatic heterocycles. The SMILES string of the molecule is CC(=O)Oc1cc(F)c(Cl)cc1C(=O)Nc1ccc(C(F)(F)F)cc1. The first kappa shape index (κ1) is 18.7. The zero-order chi connectivity index (χ0) is 18.8. The molecule has 0 saturated carbocycles. The van der Waals surface area contributed by atoms with Crippen molar-refractivity contribution in [2.24, 2.45) is 0 Å². The molecule has 0 bridgehead atoms. The van der Waals surface area contributed by atoms with Gasteiger partial charge in [-0.2, -0.15) is 13.2 Å². The molecule has 0 radical (unpaired) electrons. The molecule has 1 N–H and O–H groups in total. The first-order chi connectivity index (χ1) is 11.6. The Balaban J connectivity index is 2.28. The molecule has 4 nitrogen and oxygen atoms in total. The summed E-state index contributed by atoms with van der Waals surface area (Å²) in [5, 5.41) is 1.94. The molecule has 132 valence electrons. The van der Waals surface area contributed by atoms with Crippen molar-refractivity contribution in [3.63, 3.8) is 0 Å². The third-order valence-electron chi connectivity index (χ3n) is 2.99. The smallest absolute Gasteiger partial charge is 0.416 e. The van der Waals surface area contributed by atoms with Crippen LogP contribution in [0.3, 0.4) is 0 Å². The summed E-state index contributed by atoms with van der Waals surface area (Å²) in [6.07, 6.45) is -4.50. The van der Waals surface area contributed by atoms with E-state index in [2.05, 4.69) is 5.32 Å². The second-order valence-corrected chi connectivity index (χ2v) is 5.29. The van der Waals surface area contributed by atoms with Crippen molar-refractivity contribution in [3.8, 4) is 5.75 Å². The van der Waals surface area contributed by atoms with E-state index >= 15 is 0 Å². The second kappa shape index (κ2) is 7.10. The van der Waals surface area contributed by atoms with Gasteiger partial charge in [-0.15, -0.1) is 0 Å². The fourth-order valence-electron chi connectivity index (χ4n) is 1.89. The van der Waals surface area contributed by atoms with Crippen LogP contribution >= 0.6 is 11.6 Å². The molecule has 0 aliphatic heterocycles. The number of hydrogen-bond donors (Lipinski definition) is 1. The number of esters is 1. The summed E-state index contributed by atoms with van der Waals surface area (Å²) >= 11 is 5.62. The summed E-state index contributed by atoms with van der Waals surface area (Å²) in [6, 6.07) is 5.41. The van der Waals surface area contributed by atoms with Gasteiger partial charge in [-0.3, -0.25) is 9.59 Å². The third kappa shape index (κ3) is 4.69. The minimum Gasteiger partial charge on any atom is -0.426 e. The minimum atomic E-state index is -4.50. The fraction of sp³-hybridized carbons (Fsp3) is 0.125. The Morgan fingerprint density at radius 1 is 1.12 bits per heavy atom. The maximum Gasteiger partial charge on any atom is 0.416 e. The maximum absolute atomic E-state index is 13.5. The first-order valence-electron chi connectivity index (χ1n) is 6.74. The van der Waals surface area contributed by atoms with Gasteiger partial charge >= 0.3 is 12.1 Å². The molecule has 0 fully saturated rings. The van der Waals surface area contributed by atoms with Crippen LogP contribution in [-0.2, 0) is 11.0 Å². The highest BCUT2D eigenvalue weighted by Gasteiger charge is 2.30. The van der Waals surface area contributed by atoms with Gasteiger partial charge in [-0.25, -0.2) is 4.39 Å². The molecule has 2 rings (SSSR count). The molecular weight excluding hydrogens is 366 g/mol. The molecule has 0 spiro atoms. The van der Waals surface area contributed by atoms with Crippen LogP contribution < -0.4 is 10.1 Å². The number of ether oxygens (including phenoxy) is 1. The van der Waals surface area contributed by atoms with Crippen LogP contribution in [-0.4, -0.2) is 11.9 Å². The Labute approximate surface area is 144 Å². The number of rotatable bonds is 3. The summed E-state index contributed by atoms with van der Waals surface area (Å²) < 4.78 is 55.8. The minimum absolute atomic E-state index is 0.0622. The maximum atomic E-state index is 13.5. The normalized spacial score (nSPS) is 11.1. The summed E-state index contributed by atoms with van der Waals surface area (Å²) in [5.74, 6) is -2.88. The monoisotopic (exact) mass is 375 g/mol. The van der Waals surface area contributed by atoms with Crippen molar-refractivity contribution in [2.45, 2.75) is 13.1 Å². The number of anilines is 1. The fourth-order valence-corrected chi connectivity index (χ4v) is 2.05. The largest absolute Gasteiger partial charge is 0.426 e. The molecule has 2 aromatic rings. The molecule has 0 aliphatic carbocycles. The average Bonchev–Trinajstić information content (AvgIpc) is 2.49. The van der Waals surface area contributed by atoms with Crippen LogP contribution in [0.5, 0.6) is 5.75 Å². The van der Waals surface area contributed by atoms with Crippen molar-refractivity contribution in [3.05, 3.63) is 58.4 Å². The van der Waals surface area contributed by atoms with E-state index in [1.54, 1.807) is 0 Å². The van der Waals surface area contributed by atoms with E-state index in [4.69, 9.17) is 16.3 Å². The number of hydrogen-bond acceptors (Lipinski definition) is 3. The number of halogens is 5. The number of carbonyl (C=O) groups is 2. The van der Waals surface area contributed by atoms with Crippen molar-refractivity contribution in [2.75, 3.05) is 5.32 Å². The predicted octanol–water partition coefficient (Wildman–Crippen LogP) is 4.68. The van der Waals surface area contributed by atoms with E-state index in [-0.39, 0.29) is 22.0 Å². The second-order valence-electron chi connectivity index (χ2n) is 4.89. The number of benzene rings is 2. The Morgan fingerprint density at radius 3 is 2.24 bits per heavy atom. The number of carbonyl (C=O) groups excluding carboxylic acids is 2. The summed E-state index contributed by atoms with van der Waals surface area (Å²) in [4.78, 5) is 23.3. The Hall–Kier alpha value is -2.61.